The van der Waals surface area contributed by atoms with Gasteiger partial charge in [0.25, 0.3) is 10.2 Å². The molecule has 0 saturated heterocycles. The minimum atomic E-state index is -3.45. The molecule has 2 aliphatic rings. The van der Waals surface area contributed by atoms with Crippen molar-refractivity contribution < 1.29 is 8.42 Å². The second-order valence-electron chi connectivity index (χ2n) is 7.92. The van der Waals surface area contributed by atoms with Crippen LogP contribution in [0.5, 0.6) is 0 Å². The predicted octanol–water partition coefficient (Wildman–Crippen LogP) is 2.19. The molecule has 8 nitrogen and oxygen atoms in total. The average molecular weight is 439 g/mol. The van der Waals surface area contributed by atoms with Gasteiger partial charge in [-0.3, -0.25) is 0 Å². The van der Waals surface area contributed by atoms with E-state index in [0.717, 1.165) is 41.0 Å². The van der Waals surface area contributed by atoms with Gasteiger partial charge in [-0.15, -0.1) is 11.3 Å². The Hall–Kier alpha value is -1.33. The van der Waals surface area contributed by atoms with Gasteiger partial charge >= 0.3 is 0 Å². The first-order valence-electron chi connectivity index (χ1n) is 10.3. The summed E-state index contributed by atoms with van der Waals surface area (Å²) in [4.78, 5) is 13.6. The largest absolute Gasteiger partial charge is 0.367 e. The van der Waals surface area contributed by atoms with E-state index in [-0.39, 0.29) is 0 Å². The molecule has 2 aromatic heterocycles. The van der Waals surface area contributed by atoms with Crippen LogP contribution >= 0.6 is 11.3 Å². The van der Waals surface area contributed by atoms with Crippen LogP contribution in [0.15, 0.2) is 6.33 Å². The molecule has 0 spiro atoms. The van der Waals surface area contributed by atoms with Crippen molar-refractivity contribution in [2.24, 2.45) is 0 Å². The maximum atomic E-state index is 12.3. The first-order chi connectivity index (χ1) is 13.9. The van der Waals surface area contributed by atoms with Gasteiger partial charge in [0.1, 0.15) is 17.0 Å². The van der Waals surface area contributed by atoms with E-state index in [1.54, 1.807) is 17.7 Å². The van der Waals surface area contributed by atoms with Crippen molar-refractivity contribution >= 4 is 37.6 Å². The Morgan fingerprint density at radius 1 is 1.28 bits per heavy atom. The zero-order chi connectivity index (χ0) is 20.6. The van der Waals surface area contributed by atoms with Gasteiger partial charge in [-0.1, -0.05) is 6.92 Å². The molecule has 160 valence electrons. The third-order valence-corrected chi connectivity index (χ3v) is 9.06. The fourth-order valence-electron chi connectivity index (χ4n) is 4.44. The zero-order valence-corrected chi connectivity index (χ0v) is 18.9. The lowest BCUT2D eigenvalue weighted by Crippen LogP contribution is -2.41. The second kappa shape index (κ2) is 8.43. The lowest BCUT2D eigenvalue weighted by atomic mass is 9.90. The molecule has 0 atom stereocenters. The van der Waals surface area contributed by atoms with Gasteiger partial charge < -0.3 is 10.2 Å². The summed E-state index contributed by atoms with van der Waals surface area (Å²) in [5.74, 6) is 0.850. The first kappa shape index (κ1) is 20.9. The van der Waals surface area contributed by atoms with Crippen LogP contribution in [0, 0.1) is 0 Å². The average Bonchev–Trinajstić information content (AvgIpc) is 3.12. The highest BCUT2D eigenvalue weighted by molar-refractivity contribution is 7.87. The monoisotopic (exact) mass is 438 g/mol. The Kier molecular flexibility index (Phi) is 6.08. The van der Waals surface area contributed by atoms with Gasteiger partial charge in [-0.25, -0.2) is 14.7 Å². The lowest BCUT2D eigenvalue weighted by Gasteiger charge is -2.34. The first-order valence-corrected chi connectivity index (χ1v) is 12.6. The second-order valence-corrected chi connectivity index (χ2v) is 10.9. The quantitative estimate of drug-likeness (QED) is 0.719. The van der Waals surface area contributed by atoms with Crippen LogP contribution in [-0.2, 0) is 23.2 Å². The van der Waals surface area contributed by atoms with Crippen molar-refractivity contribution in [1.29, 1.82) is 0 Å². The number of nitrogens with zero attached hydrogens (tertiary/aromatic N) is 4. The molecule has 2 aromatic rings. The van der Waals surface area contributed by atoms with E-state index in [0.29, 0.717) is 31.6 Å². The van der Waals surface area contributed by atoms with E-state index in [4.69, 9.17) is 0 Å². The molecule has 0 unspecified atom stereocenters. The fourth-order valence-corrected chi connectivity index (χ4v) is 6.47. The summed E-state index contributed by atoms with van der Waals surface area (Å²) in [5, 5.41) is 4.66. The van der Waals surface area contributed by atoms with Crippen molar-refractivity contribution in [1.82, 2.24) is 23.9 Å². The Labute approximate surface area is 176 Å². The number of anilines is 1. The lowest BCUT2D eigenvalue weighted by molar-refractivity contribution is 0.194. The van der Waals surface area contributed by atoms with Crippen LogP contribution in [0.2, 0.25) is 0 Å². The molecule has 0 amide bonds. The zero-order valence-electron chi connectivity index (χ0n) is 17.3. The molecule has 3 heterocycles. The molecule has 0 aromatic carbocycles. The van der Waals surface area contributed by atoms with E-state index in [1.165, 1.54) is 29.1 Å². The van der Waals surface area contributed by atoms with Gasteiger partial charge in [0, 0.05) is 37.1 Å². The van der Waals surface area contributed by atoms with Gasteiger partial charge in [0.05, 0.1) is 5.39 Å². The molecular weight excluding hydrogens is 408 g/mol. The Morgan fingerprint density at radius 3 is 2.72 bits per heavy atom. The molecular formula is C19H30N6O2S2. The fraction of sp³-hybridized carbons (Fsp3) is 0.684. The number of thiophene rings is 1. The number of hydrogen-bond donors (Lipinski definition) is 2. The summed E-state index contributed by atoms with van der Waals surface area (Å²) in [6.45, 7) is 4.16. The topological polar surface area (TPSA) is 90.5 Å². The van der Waals surface area contributed by atoms with Crippen LogP contribution in [0.1, 0.15) is 43.0 Å². The molecule has 1 fully saturated rings. The highest BCUT2D eigenvalue weighted by Gasteiger charge is 2.30. The standard InChI is InChI=1S/C19H30N6O2S2/c1-4-24(3)14-7-5-13(6-8-14)23-18-17-15-11-25(29(26,27)20-2)10-9-16(15)28-19(17)22-12-21-18/h12-14,20H,4-11H2,1-3H3,(H,21,22,23). The summed E-state index contributed by atoms with van der Waals surface area (Å²) in [5.41, 5.74) is 1.05. The van der Waals surface area contributed by atoms with Crippen LogP contribution in [0.25, 0.3) is 10.2 Å². The maximum Gasteiger partial charge on any atom is 0.279 e. The van der Waals surface area contributed by atoms with E-state index >= 15 is 0 Å². The minimum Gasteiger partial charge on any atom is -0.367 e. The molecule has 1 saturated carbocycles. The number of fused-ring (bicyclic) bond motifs is 3. The smallest absolute Gasteiger partial charge is 0.279 e. The van der Waals surface area contributed by atoms with Crippen LogP contribution in [-0.4, -0.2) is 66.9 Å². The molecule has 4 rings (SSSR count). The maximum absolute atomic E-state index is 12.3. The normalized spacial score (nSPS) is 23.4. The number of nitrogens with one attached hydrogen (secondary N) is 2. The van der Waals surface area contributed by atoms with Crippen LogP contribution in [0.3, 0.4) is 0 Å². The van der Waals surface area contributed by atoms with Gasteiger partial charge in [-0.2, -0.15) is 12.7 Å². The van der Waals surface area contributed by atoms with Crippen LogP contribution < -0.4 is 10.0 Å². The Bertz CT molecular complexity index is 968. The van der Waals surface area contributed by atoms with Crippen molar-refractivity contribution in [2.75, 3.05) is 32.5 Å². The molecule has 2 N–H and O–H groups in total. The molecule has 10 heteroatoms. The summed E-state index contributed by atoms with van der Waals surface area (Å²) < 4.78 is 28.5. The summed E-state index contributed by atoms with van der Waals surface area (Å²) in [7, 11) is 0.215. The third kappa shape index (κ3) is 4.13. The summed E-state index contributed by atoms with van der Waals surface area (Å²) in [6, 6.07) is 1.06. The highest BCUT2D eigenvalue weighted by Crippen LogP contribution is 2.38. The van der Waals surface area contributed by atoms with Crippen molar-refractivity contribution in [3.8, 4) is 0 Å². The number of hydrogen-bond acceptors (Lipinski definition) is 7. The molecule has 0 radical (unpaired) electrons. The third-order valence-electron chi connectivity index (χ3n) is 6.35. The van der Waals surface area contributed by atoms with Crippen molar-refractivity contribution in [2.45, 2.75) is 57.7 Å². The molecule has 0 bridgehead atoms. The van der Waals surface area contributed by atoms with E-state index in [9.17, 15) is 8.42 Å². The van der Waals surface area contributed by atoms with Gasteiger partial charge in [-0.05, 0) is 51.3 Å². The van der Waals surface area contributed by atoms with E-state index in [1.807, 2.05) is 0 Å². The Morgan fingerprint density at radius 2 is 2.03 bits per heavy atom. The minimum absolute atomic E-state index is 0.370. The molecule has 1 aliphatic carbocycles. The number of aromatic nitrogens is 2. The SMILES string of the molecule is CCN(C)C1CCC(Nc2ncnc3sc4c(c23)CN(S(=O)(=O)NC)CC4)CC1. The van der Waals surface area contributed by atoms with Gasteiger partial charge in [0.15, 0.2) is 0 Å². The summed E-state index contributed by atoms with van der Waals surface area (Å²) in [6.07, 6.45) is 6.94. The van der Waals surface area contributed by atoms with E-state index in [2.05, 4.69) is 38.9 Å². The predicted molar refractivity (Wildman–Crippen MR) is 117 cm³/mol. The van der Waals surface area contributed by atoms with Gasteiger partial charge in [0.2, 0.25) is 0 Å². The Balaban J connectivity index is 1.57. The van der Waals surface area contributed by atoms with Crippen molar-refractivity contribution in [3.63, 3.8) is 0 Å². The number of rotatable bonds is 6. The van der Waals surface area contributed by atoms with E-state index < -0.39 is 10.2 Å². The summed E-state index contributed by atoms with van der Waals surface area (Å²) >= 11 is 1.66. The highest BCUT2D eigenvalue weighted by atomic mass is 32.2. The van der Waals surface area contributed by atoms with Crippen molar-refractivity contribution in [3.05, 3.63) is 16.8 Å². The molecule has 29 heavy (non-hydrogen) atoms. The molecule has 1 aliphatic heterocycles. The van der Waals surface area contributed by atoms with Crippen LogP contribution in [0.4, 0.5) is 5.82 Å².